The quantitative estimate of drug-likeness (QED) is 0.733. The van der Waals surface area contributed by atoms with Crippen LogP contribution in [0, 0.1) is 0 Å². The second kappa shape index (κ2) is 4.31. The molecule has 2 atom stereocenters. The van der Waals surface area contributed by atoms with E-state index in [-0.39, 0.29) is 0 Å². The number of nitrogens with zero attached hydrogens (tertiary/aromatic N) is 1. The van der Waals surface area contributed by atoms with E-state index < -0.39 is 0 Å². The van der Waals surface area contributed by atoms with Crippen LogP contribution in [0.3, 0.4) is 0 Å². The summed E-state index contributed by atoms with van der Waals surface area (Å²) >= 11 is 0. The molecule has 1 aromatic carbocycles. The lowest BCUT2D eigenvalue weighted by Gasteiger charge is -2.42. The molecule has 0 saturated carbocycles. The standard InChI is InChI=1S/C14H19NO2/c1-15-6-7-17-14-8-10-4-3-5-13(16-2)11(10)9-12(14)15/h3-5,12,14H,6-9H2,1-2H3/t12-,14-/m0/s1. The zero-order valence-corrected chi connectivity index (χ0v) is 10.5. The van der Waals surface area contributed by atoms with E-state index in [1.807, 2.05) is 0 Å². The first-order chi connectivity index (χ1) is 8.29. The van der Waals surface area contributed by atoms with E-state index in [1.54, 1.807) is 7.11 Å². The number of hydrogen-bond donors (Lipinski definition) is 0. The van der Waals surface area contributed by atoms with Crippen molar-refractivity contribution in [2.75, 3.05) is 27.3 Å². The van der Waals surface area contributed by atoms with Gasteiger partial charge in [0.1, 0.15) is 5.75 Å². The Bertz CT molecular complexity index is 419. The first kappa shape index (κ1) is 11.1. The van der Waals surface area contributed by atoms with E-state index in [2.05, 4.69) is 30.1 Å². The molecule has 1 saturated heterocycles. The molecule has 2 aliphatic rings. The molecule has 1 heterocycles. The molecular weight excluding hydrogens is 214 g/mol. The summed E-state index contributed by atoms with van der Waals surface area (Å²) in [6, 6.07) is 6.84. The monoisotopic (exact) mass is 233 g/mol. The topological polar surface area (TPSA) is 21.7 Å². The van der Waals surface area contributed by atoms with Gasteiger partial charge in [-0.2, -0.15) is 0 Å². The van der Waals surface area contributed by atoms with Crippen LogP contribution in [0.25, 0.3) is 0 Å². The van der Waals surface area contributed by atoms with E-state index in [0.717, 1.165) is 31.7 Å². The molecule has 1 aliphatic carbocycles. The van der Waals surface area contributed by atoms with E-state index in [1.165, 1.54) is 11.1 Å². The highest BCUT2D eigenvalue weighted by Crippen LogP contribution is 2.33. The fourth-order valence-corrected chi connectivity index (χ4v) is 3.04. The van der Waals surface area contributed by atoms with Gasteiger partial charge in [0.25, 0.3) is 0 Å². The fourth-order valence-electron chi connectivity index (χ4n) is 3.04. The van der Waals surface area contributed by atoms with Crippen LogP contribution in [0.5, 0.6) is 5.75 Å². The highest BCUT2D eigenvalue weighted by molar-refractivity contribution is 5.43. The van der Waals surface area contributed by atoms with E-state index >= 15 is 0 Å². The van der Waals surface area contributed by atoms with Gasteiger partial charge in [0.2, 0.25) is 0 Å². The van der Waals surface area contributed by atoms with Gasteiger partial charge in [0.05, 0.1) is 19.8 Å². The summed E-state index contributed by atoms with van der Waals surface area (Å²) in [7, 11) is 3.95. The van der Waals surface area contributed by atoms with Crippen molar-refractivity contribution in [3.05, 3.63) is 29.3 Å². The van der Waals surface area contributed by atoms with Crippen LogP contribution in [0.4, 0.5) is 0 Å². The summed E-state index contributed by atoms with van der Waals surface area (Å²) in [6.07, 6.45) is 2.41. The lowest BCUT2D eigenvalue weighted by Crippen LogP contribution is -2.53. The minimum atomic E-state index is 0.355. The van der Waals surface area contributed by atoms with E-state index in [4.69, 9.17) is 9.47 Å². The van der Waals surface area contributed by atoms with Crippen molar-refractivity contribution in [1.82, 2.24) is 4.90 Å². The van der Waals surface area contributed by atoms with Crippen molar-refractivity contribution >= 4 is 0 Å². The predicted octanol–water partition coefficient (Wildman–Crippen LogP) is 1.49. The smallest absolute Gasteiger partial charge is 0.122 e. The Balaban J connectivity index is 1.96. The molecule has 92 valence electrons. The minimum absolute atomic E-state index is 0.355. The molecule has 0 unspecified atom stereocenters. The van der Waals surface area contributed by atoms with Gasteiger partial charge in [-0.05, 0) is 30.7 Å². The maximum Gasteiger partial charge on any atom is 0.122 e. The number of methoxy groups -OCH3 is 1. The van der Waals surface area contributed by atoms with Gasteiger partial charge >= 0.3 is 0 Å². The second-order valence-corrected chi connectivity index (χ2v) is 4.96. The van der Waals surface area contributed by atoms with Crippen molar-refractivity contribution in [2.45, 2.75) is 25.0 Å². The summed E-state index contributed by atoms with van der Waals surface area (Å²) in [5.74, 6) is 1.03. The van der Waals surface area contributed by atoms with Crippen molar-refractivity contribution in [3.63, 3.8) is 0 Å². The molecule has 3 nitrogen and oxygen atoms in total. The van der Waals surface area contributed by atoms with Crippen molar-refractivity contribution < 1.29 is 9.47 Å². The Kier molecular flexibility index (Phi) is 2.81. The van der Waals surface area contributed by atoms with Gasteiger partial charge in [-0.25, -0.2) is 0 Å². The van der Waals surface area contributed by atoms with Crippen LogP contribution in [-0.2, 0) is 17.6 Å². The third-order valence-electron chi connectivity index (χ3n) is 4.06. The van der Waals surface area contributed by atoms with Gasteiger partial charge in [-0.3, -0.25) is 4.90 Å². The van der Waals surface area contributed by atoms with Crippen molar-refractivity contribution in [1.29, 1.82) is 0 Å². The number of likely N-dealkylation sites (N-methyl/N-ethyl adjacent to an activating group) is 1. The molecule has 3 rings (SSSR count). The molecule has 1 aliphatic heterocycles. The Morgan fingerprint density at radius 3 is 3.06 bits per heavy atom. The number of morpholine rings is 1. The highest BCUT2D eigenvalue weighted by atomic mass is 16.5. The third kappa shape index (κ3) is 1.83. The molecule has 0 bridgehead atoms. The van der Waals surface area contributed by atoms with Crippen LogP contribution in [0.1, 0.15) is 11.1 Å². The van der Waals surface area contributed by atoms with Gasteiger partial charge in [-0.15, -0.1) is 0 Å². The van der Waals surface area contributed by atoms with Crippen LogP contribution < -0.4 is 4.74 Å². The van der Waals surface area contributed by atoms with E-state index in [0.29, 0.717) is 12.1 Å². The number of benzene rings is 1. The molecule has 0 N–H and O–H groups in total. The van der Waals surface area contributed by atoms with Crippen LogP contribution in [-0.4, -0.2) is 44.4 Å². The fraction of sp³-hybridized carbons (Fsp3) is 0.571. The number of fused-ring (bicyclic) bond motifs is 2. The largest absolute Gasteiger partial charge is 0.496 e. The molecule has 1 fully saturated rings. The van der Waals surface area contributed by atoms with Crippen LogP contribution in [0.2, 0.25) is 0 Å². The maximum atomic E-state index is 5.90. The molecule has 0 aromatic heterocycles. The first-order valence-electron chi connectivity index (χ1n) is 6.26. The molecule has 3 heteroatoms. The normalized spacial score (nSPS) is 28.4. The summed E-state index contributed by atoms with van der Waals surface area (Å²) in [5.41, 5.74) is 2.76. The number of ether oxygens (including phenoxy) is 2. The number of hydrogen-bond acceptors (Lipinski definition) is 3. The molecule has 1 aromatic rings. The van der Waals surface area contributed by atoms with E-state index in [9.17, 15) is 0 Å². The highest BCUT2D eigenvalue weighted by Gasteiger charge is 2.35. The third-order valence-corrected chi connectivity index (χ3v) is 4.06. The lowest BCUT2D eigenvalue weighted by molar-refractivity contribution is -0.0645. The SMILES string of the molecule is COc1cccc2c1C[C@H]1[C@H](C2)OCCN1C. The first-order valence-corrected chi connectivity index (χ1v) is 6.26. The number of rotatable bonds is 1. The van der Waals surface area contributed by atoms with Crippen LogP contribution >= 0.6 is 0 Å². The van der Waals surface area contributed by atoms with Crippen LogP contribution in [0.15, 0.2) is 18.2 Å². The van der Waals surface area contributed by atoms with Gasteiger partial charge in [0.15, 0.2) is 0 Å². The molecule has 17 heavy (non-hydrogen) atoms. The summed E-state index contributed by atoms with van der Waals surface area (Å²) in [5, 5.41) is 0. The van der Waals surface area contributed by atoms with Gasteiger partial charge in [0, 0.05) is 19.0 Å². The zero-order valence-electron chi connectivity index (χ0n) is 10.5. The zero-order chi connectivity index (χ0) is 11.8. The van der Waals surface area contributed by atoms with Crippen molar-refractivity contribution in [3.8, 4) is 5.75 Å². The Morgan fingerprint density at radius 1 is 1.35 bits per heavy atom. The summed E-state index contributed by atoms with van der Waals surface area (Å²) in [4.78, 5) is 2.42. The second-order valence-electron chi connectivity index (χ2n) is 4.96. The molecule has 0 spiro atoms. The lowest BCUT2D eigenvalue weighted by atomic mass is 9.84. The maximum absolute atomic E-state index is 5.90. The van der Waals surface area contributed by atoms with Gasteiger partial charge in [-0.1, -0.05) is 12.1 Å². The average molecular weight is 233 g/mol. The minimum Gasteiger partial charge on any atom is -0.496 e. The Morgan fingerprint density at radius 2 is 2.24 bits per heavy atom. The predicted molar refractivity (Wildman–Crippen MR) is 66.6 cm³/mol. The average Bonchev–Trinajstić information content (AvgIpc) is 2.36. The summed E-state index contributed by atoms with van der Waals surface area (Å²) < 4.78 is 11.4. The van der Waals surface area contributed by atoms with Gasteiger partial charge < -0.3 is 9.47 Å². The Labute approximate surface area is 102 Å². The van der Waals surface area contributed by atoms with Crippen molar-refractivity contribution in [2.24, 2.45) is 0 Å². The molecular formula is C14H19NO2. The molecule has 0 amide bonds. The summed E-state index contributed by atoms with van der Waals surface area (Å²) in [6.45, 7) is 1.89. The molecule has 0 radical (unpaired) electrons. The Hall–Kier alpha value is -1.06.